The number of nitrogens with one attached hydrogen (secondary N) is 1. The zero-order chi connectivity index (χ0) is 15.8. The van der Waals surface area contributed by atoms with Gasteiger partial charge in [-0.05, 0) is 32.4 Å². The lowest BCUT2D eigenvalue weighted by Crippen LogP contribution is -2.12. The molecule has 5 heteroatoms. The van der Waals surface area contributed by atoms with E-state index in [0.717, 1.165) is 42.4 Å². The van der Waals surface area contributed by atoms with Gasteiger partial charge in [0, 0.05) is 18.1 Å². The predicted molar refractivity (Wildman–Crippen MR) is 89.1 cm³/mol. The van der Waals surface area contributed by atoms with Crippen molar-refractivity contribution in [3.8, 4) is 0 Å². The minimum Gasteiger partial charge on any atom is -0.462 e. The fourth-order valence-corrected chi connectivity index (χ4v) is 2.35. The molecule has 5 nitrogen and oxygen atoms in total. The summed E-state index contributed by atoms with van der Waals surface area (Å²) in [5.41, 5.74) is 7.65. The van der Waals surface area contributed by atoms with Crippen molar-refractivity contribution in [1.82, 2.24) is 4.98 Å². The number of aromatic nitrogens is 1. The Kier molecular flexibility index (Phi) is 6.15. The maximum atomic E-state index is 12.1. The van der Waals surface area contributed by atoms with Crippen LogP contribution in [0.1, 0.15) is 36.5 Å². The van der Waals surface area contributed by atoms with Gasteiger partial charge in [-0.25, -0.2) is 4.79 Å². The van der Waals surface area contributed by atoms with Crippen LogP contribution in [0, 0.1) is 0 Å². The number of benzene rings is 1. The van der Waals surface area contributed by atoms with Gasteiger partial charge in [0.05, 0.1) is 17.8 Å². The molecule has 0 aliphatic rings. The zero-order valence-electron chi connectivity index (χ0n) is 13.0. The molecule has 0 amide bonds. The van der Waals surface area contributed by atoms with Crippen LogP contribution in [0.2, 0.25) is 0 Å². The van der Waals surface area contributed by atoms with Gasteiger partial charge in [0.15, 0.2) is 0 Å². The Morgan fingerprint density at radius 3 is 2.86 bits per heavy atom. The van der Waals surface area contributed by atoms with Crippen LogP contribution in [0.3, 0.4) is 0 Å². The number of anilines is 1. The first-order valence-corrected chi connectivity index (χ1v) is 7.76. The van der Waals surface area contributed by atoms with Crippen molar-refractivity contribution in [2.45, 2.75) is 26.2 Å². The smallest absolute Gasteiger partial charge is 0.341 e. The van der Waals surface area contributed by atoms with Crippen LogP contribution in [-0.2, 0) is 4.74 Å². The van der Waals surface area contributed by atoms with Crippen LogP contribution < -0.4 is 11.1 Å². The SMILES string of the molecule is CCOC(=O)c1cnc2ccccc2c1NCCCCCN. The molecule has 2 rings (SSSR count). The maximum Gasteiger partial charge on any atom is 0.341 e. The molecule has 0 aliphatic carbocycles. The monoisotopic (exact) mass is 301 g/mol. The van der Waals surface area contributed by atoms with E-state index in [2.05, 4.69) is 10.3 Å². The summed E-state index contributed by atoms with van der Waals surface area (Å²) in [5.74, 6) is -0.342. The van der Waals surface area contributed by atoms with Crippen LogP contribution in [0.4, 0.5) is 5.69 Å². The van der Waals surface area contributed by atoms with Crippen LogP contribution in [0.25, 0.3) is 10.9 Å². The average Bonchev–Trinajstić information content (AvgIpc) is 2.54. The number of fused-ring (bicyclic) bond motifs is 1. The Labute approximate surface area is 130 Å². The van der Waals surface area contributed by atoms with Gasteiger partial charge < -0.3 is 15.8 Å². The van der Waals surface area contributed by atoms with Crippen molar-refractivity contribution in [1.29, 1.82) is 0 Å². The number of para-hydroxylation sites is 1. The van der Waals surface area contributed by atoms with E-state index in [4.69, 9.17) is 10.5 Å². The lowest BCUT2D eigenvalue weighted by molar-refractivity contribution is 0.0527. The minimum atomic E-state index is -0.342. The fraction of sp³-hybridized carbons (Fsp3) is 0.412. The van der Waals surface area contributed by atoms with E-state index >= 15 is 0 Å². The van der Waals surface area contributed by atoms with E-state index < -0.39 is 0 Å². The Morgan fingerprint density at radius 1 is 1.27 bits per heavy atom. The standard InChI is InChI=1S/C17H23N3O2/c1-2-22-17(21)14-12-20-15-9-5-4-8-13(15)16(14)19-11-7-3-6-10-18/h4-5,8-9,12H,2-3,6-7,10-11,18H2,1H3,(H,19,20). The molecule has 0 unspecified atom stereocenters. The summed E-state index contributed by atoms with van der Waals surface area (Å²) in [5, 5.41) is 4.31. The first-order chi connectivity index (χ1) is 10.8. The van der Waals surface area contributed by atoms with E-state index in [1.54, 1.807) is 13.1 Å². The van der Waals surface area contributed by atoms with Crippen molar-refractivity contribution in [3.63, 3.8) is 0 Å². The van der Waals surface area contributed by atoms with Gasteiger partial charge in [-0.2, -0.15) is 0 Å². The summed E-state index contributed by atoms with van der Waals surface area (Å²) in [4.78, 5) is 16.5. The molecular weight excluding hydrogens is 278 g/mol. The number of hydrogen-bond acceptors (Lipinski definition) is 5. The van der Waals surface area contributed by atoms with Crippen molar-refractivity contribution >= 4 is 22.6 Å². The number of carbonyl (C=O) groups excluding carboxylic acids is 1. The van der Waals surface area contributed by atoms with Gasteiger partial charge in [0.25, 0.3) is 0 Å². The summed E-state index contributed by atoms with van der Waals surface area (Å²) in [6.45, 7) is 3.65. The fourth-order valence-electron chi connectivity index (χ4n) is 2.35. The largest absolute Gasteiger partial charge is 0.462 e. The van der Waals surface area contributed by atoms with Crippen molar-refractivity contribution in [2.24, 2.45) is 5.73 Å². The van der Waals surface area contributed by atoms with E-state index in [1.165, 1.54) is 0 Å². The summed E-state index contributed by atoms with van der Waals surface area (Å²) in [6, 6.07) is 7.78. The highest BCUT2D eigenvalue weighted by Crippen LogP contribution is 2.26. The van der Waals surface area contributed by atoms with Gasteiger partial charge >= 0.3 is 5.97 Å². The van der Waals surface area contributed by atoms with Crippen molar-refractivity contribution < 1.29 is 9.53 Å². The molecule has 2 aromatic rings. The normalized spacial score (nSPS) is 10.6. The van der Waals surface area contributed by atoms with E-state index in [0.29, 0.717) is 18.7 Å². The molecule has 0 radical (unpaired) electrons. The average molecular weight is 301 g/mol. The number of hydrogen-bond donors (Lipinski definition) is 2. The Hall–Kier alpha value is -2.14. The van der Waals surface area contributed by atoms with Crippen molar-refractivity contribution in [3.05, 3.63) is 36.0 Å². The molecule has 3 N–H and O–H groups in total. The molecule has 0 bridgehead atoms. The molecule has 0 spiro atoms. The third-order valence-corrected chi connectivity index (χ3v) is 3.45. The minimum absolute atomic E-state index is 0.342. The van der Waals surface area contributed by atoms with Gasteiger partial charge in [-0.1, -0.05) is 24.6 Å². The third-order valence-electron chi connectivity index (χ3n) is 3.45. The summed E-state index contributed by atoms with van der Waals surface area (Å²) in [6.07, 6.45) is 4.68. The van der Waals surface area contributed by atoms with Gasteiger partial charge in [0.1, 0.15) is 5.56 Å². The second-order valence-corrected chi connectivity index (χ2v) is 5.06. The number of nitrogens with zero attached hydrogens (tertiary/aromatic N) is 1. The van der Waals surface area contributed by atoms with E-state index in [1.807, 2.05) is 24.3 Å². The quantitative estimate of drug-likeness (QED) is 0.579. The van der Waals surface area contributed by atoms with E-state index in [-0.39, 0.29) is 5.97 Å². The third kappa shape index (κ3) is 3.95. The highest BCUT2D eigenvalue weighted by atomic mass is 16.5. The Bertz CT molecular complexity index is 628. The molecule has 1 heterocycles. The summed E-state index contributed by atoms with van der Waals surface area (Å²) >= 11 is 0. The van der Waals surface area contributed by atoms with Gasteiger partial charge in [0.2, 0.25) is 0 Å². The number of nitrogens with two attached hydrogens (primary N) is 1. The van der Waals surface area contributed by atoms with Crippen molar-refractivity contribution in [2.75, 3.05) is 25.0 Å². The van der Waals surface area contributed by atoms with E-state index in [9.17, 15) is 4.79 Å². The maximum absolute atomic E-state index is 12.1. The number of carbonyl (C=O) groups is 1. The van der Waals surface area contributed by atoms with Gasteiger partial charge in [-0.3, -0.25) is 4.98 Å². The number of rotatable bonds is 8. The molecule has 1 aromatic heterocycles. The second-order valence-electron chi connectivity index (χ2n) is 5.06. The Balaban J connectivity index is 2.25. The number of esters is 1. The first kappa shape index (κ1) is 16.2. The van der Waals surface area contributed by atoms with Crippen LogP contribution in [0.15, 0.2) is 30.5 Å². The predicted octanol–water partition coefficient (Wildman–Crippen LogP) is 2.95. The lowest BCUT2D eigenvalue weighted by atomic mass is 10.1. The zero-order valence-corrected chi connectivity index (χ0v) is 13.0. The van der Waals surface area contributed by atoms with Crippen LogP contribution in [0.5, 0.6) is 0 Å². The van der Waals surface area contributed by atoms with Crippen LogP contribution in [-0.4, -0.2) is 30.6 Å². The molecule has 0 saturated carbocycles. The molecule has 22 heavy (non-hydrogen) atoms. The lowest BCUT2D eigenvalue weighted by Gasteiger charge is -2.14. The molecule has 1 aromatic carbocycles. The van der Waals surface area contributed by atoms with Crippen LogP contribution >= 0.6 is 0 Å². The first-order valence-electron chi connectivity index (χ1n) is 7.76. The highest BCUT2D eigenvalue weighted by Gasteiger charge is 2.16. The highest BCUT2D eigenvalue weighted by molar-refractivity contribution is 6.04. The molecule has 0 saturated heterocycles. The number of ether oxygens (including phenoxy) is 1. The second kappa shape index (κ2) is 8.34. The molecule has 118 valence electrons. The van der Waals surface area contributed by atoms with Gasteiger partial charge in [-0.15, -0.1) is 0 Å². The topological polar surface area (TPSA) is 77.2 Å². The summed E-state index contributed by atoms with van der Waals surface area (Å²) < 4.78 is 5.13. The summed E-state index contributed by atoms with van der Waals surface area (Å²) in [7, 11) is 0. The molecule has 0 atom stereocenters. The Morgan fingerprint density at radius 2 is 2.09 bits per heavy atom. The number of pyridine rings is 1. The number of unbranched alkanes of at least 4 members (excludes halogenated alkanes) is 2. The molecule has 0 fully saturated rings. The molecule has 0 aliphatic heterocycles. The molecular formula is C17H23N3O2.